The number of nitrogens with zero attached hydrogens (tertiary/aromatic N) is 2. The van der Waals surface area contributed by atoms with E-state index in [0.717, 1.165) is 16.8 Å². The molecule has 1 amide bonds. The number of fused-ring (bicyclic) bond motifs is 2. The second kappa shape index (κ2) is 4.50. The molecule has 1 aliphatic heterocycles. The van der Waals surface area contributed by atoms with Crippen LogP contribution in [0, 0.1) is 6.92 Å². The summed E-state index contributed by atoms with van der Waals surface area (Å²) in [7, 11) is 0. The topological polar surface area (TPSA) is 54.9 Å². The van der Waals surface area contributed by atoms with Crippen LogP contribution in [0.25, 0.3) is 5.57 Å². The van der Waals surface area contributed by atoms with Gasteiger partial charge in [0.05, 0.1) is 5.92 Å². The fourth-order valence-corrected chi connectivity index (χ4v) is 3.44. The van der Waals surface area contributed by atoms with Crippen molar-refractivity contribution in [3.05, 3.63) is 58.6 Å². The van der Waals surface area contributed by atoms with Gasteiger partial charge in [0.1, 0.15) is 5.82 Å². The molecule has 1 unspecified atom stereocenters. The van der Waals surface area contributed by atoms with Gasteiger partial charge in [0.2, 0.25) is 5.91 Å². The Hall–Kier alpha value is -2.49. The van der Waals surface area contributed by atoms with Gasteiger partial charge in [-0.15, -0.1) is 0 Å². The number of benzene rings is 1. The van der Waals surface area contributed by atoms with Crippen molar-refractivity contribution in [1.82, 2.24) is 9.97 Å². The van der Waals surface area contributed by atoms with Crippen molar-refractivity contribution in [2.45, 2.75) is 32.6 Å². The largest absolute Gasteiger partial charge is 0.310 e. The molecule has 0 saturated carbocycles. The Balaban J connectivity index is 1.87. The standard InChI is InChI=1S/C18H17N3O/c1-9-8-14(13-7-5-4-6-12(9)13)16-19-11(3)15-10(2)18(22)21-17(15)20-16/h4-10H,1-3H3,(H,19,20,21,22)/t9?,10-/m1/s1. The Bertz CT molecular complexity index is 838. The number of aromatic nitrogens is 2. The van der Waals surface area contributed by atoms with E-state index in [4.69, 9.17) is 0 Å². The van der Waals surface area contributed by atoms with Crippen molar-refractivity contribution < 1.29 is 4.79 Å². The molecule has 4 heteroatoms. The zero-order valence-corrected chi connectivity index (χ0v) is 12.8. The van der Waals surface area contributed by atoms with Gasteiger partial charge >= 0.3 is 0 Å². The lowest BCUT2D eigenvalue weighted by atomic mass is 10.0. The third kappa shape index (κ3) is 1.73. The van der Waals surface area contributed by atoms with E-state index in [9.17, 15) is 4.79 Å². The molecule has 1 N–H and O–H groups in total. The molecule has 4 nitrogen and oxygen atoms in total. The molecule has 1 aromatic carbocycles. The van der Waals surface area contributed by atoms with Crippen molar-refractivity contribution in [2.75, 3.05) is 5.32 Å². The highest BCUT2D eigenvalue weighted by Gasteiger charge is 2.32. The van der Waals surface area contributed by atoms with E-state index in [-0.39, 0.29) is 11.8 Å². The van der Waals surface area contributed by atoms with E-state index in [1.54, 1.807) is 0 Å². The maximum absolute atomic E-state index is 11.9. The summed E-state index contributed by atoms with van der Waals surface area (Å²) >= 11 is 0. The number of nitrogens with one attached hydrogen (secondary N) is 1. The maximum atomic E-state index is 11.9. The first-order valence-corrected chi connectivity index (χ1v) is 7.57. The molecule has 2 heterocycles. The average molecular weight is 291 g/mol. The number of rotatable bonds is 1. The third-order valence-corrected chi connectivity index (χ3v) is 4.60. The van der Waals surface area contributed by atoms with E-state index in [2.05, 4.69) is 46.5 Å². The highest BCUT2D eigenvalue weighted by atomic mass is 16.2. The minimum absolute atomic E-state index is 0.00119. The summed E-state index contributed by atoms with van der Waals surface area (Å²) in [5.74, 6) is 1.55. The van der Waals surface area contributed by atoms with E-state index in [1.807, 2.05) is 19.9 Å². The molecular weight excluding hydrogens is 274 g/mol. The zero-order chi connectivity index (χ0) is 15.4. The molecule has 0 spiro atoms. The molecule has 0 bridgehead atoms. The van der Waals surface area contributed by atoms with Crippen LogP contribution in [-0.4, -0.2) is 15.9 Å². The minimum atomic E-state index is -0.173. The second-order valence-corrected chi connectivity index (χ2v) is 6.06. The summed E-state index contributed by atoms with van der Waals surface area (Å²) in [6.45, 7) is 6.02. The van der Waals surface area contributed by atoms with Gasteiger partial charge in [0, 0.05) is 22.7 Å². The molecule has 0 saturated heterocycles. The second-order valence-electron chi connectivity index (χ2n) is 6.06. The smallest absolute Gasteiger partial charge is 0.233 e. The Morgan fingerprint density at radius 3 is 2.73 bits per heavy atom. The van der Waals surface area contributed by atoms with E-state index < -0.39 is 0 Å². The van der Waals surface area contributed by atoms with Gasteiger partial charge in [-0.05, 0) is 25.0 Å². The van der Waals surface area contributed by atoms with Crippen LogP contribution in [-0.2, 0) is 4.79 Å². The van der Waals surface area contributed by atoms with Gasteiger partial charge < -0.3 is 5.32 Å². The van der Waals surface area contributed by atoms with Gasteiger partial charge in [-0.3, -0.25) is 4.79 Å². The average Bonchev–Trinajstić information content (AvgIpc) is 2.98. The summed E-state index contributed by atoms with van der Waals surface area (Å²) in [5, 5.41) is 2.87. The van der Waals surface area contributed by atoms with Crippen LogP contribution >= 0.6 is 0 Å². The van der Waals surface area contributed by atoms with Crippen LogP contribution in [0.3, 0.4) is 0 Å². The number of aryl methyl sites for hydroxylation is 1. The maximum Gasteiger partial charge on any atom is 0.233 e. The number of allylic oxidation sites excluding steroid dienone is 1. The highest BCUT2D eigenvalue weighted by molar-refractivity contribution is 6.02. The summed E-state index contributed by atoms with van der Waals surface area (Å²) in [4.78, 5) is 21.2. The molecule has 1 aromatic heterocycles. The van der Waals surface area contributed by atoms with Crippen LogP contribution in [0.2, 0.25) is 0 Å². The van der Waals surface area contributed by atoms with Crippen molar-refractivity contribution in [3.8, 4) is 0 Å². The predicted molar refractivity (Wildman–Crippen MR) is 85.7 cm³/mol. The third-order valence-electron chi connectivity index (χ3n) is 4.60. The van der Waals surface area contributed by atoms with Crippen LogP contribution in [0.1, 0.15) is 53.9 Å². The number of amides is 1. The fourth-order valence-electron chi connectivity index (χ4n) is 3.44. The van der Waals surface area contributed by atoms with Crippen LogP contribution in [0.4, 0.5) is 5.82 Å². The molecular formula is C18H17N3O. The predicted octanol–water partition coefficient (Wildman–Crippen LogP) is 3.39. The van der Waals surface area contributed by atoms with Crippen molar-refractivity contribution in [2.24, 2.45) is 0 Å². The molecule has 4 rings (SSSR count). The summed E-state index contributed by atoms with van der Waals surface area (Å²) in [6, 6.07) is 8.35. The first-order chi connectivity index (χ1) is 10.6. The van der Waals surface area contributed by atoms with Gasteiger partial charge in [0.15, 0.2) is 5.82 Å². The Morgan fingerprint density at radius 2 is 1.91 bits per heavy atom. The van der Waals surface area contributed by atoms with E-state index >= 15 is 0 Å². The van der Waals surface area contributed by atoms with E-state index in [0.29, 0.717) is 17.6 Å². The minimum Gasteiger partial charge on any atom is -0.310 e. The molecule has 0 radical (unpaired) electrons. The van der Waals surface area contributed by atoms with Crippen molar-refractivity contribution >= 4 is 17.3 Å². The zero-order valence-electron chi connectivity index (χ0n) is 12.8. The number of hydrogen-bond acceptors (Lipinski definition) is 3. The first kappa shape index (κ1) is 13.2. The molecule has 22 heavy (non-hydrogen) atoms. The van der Waals surface area contributed by atoms with Gasteiger partial charge in [-0.2, -0.15) is 0 Å². The van der Waals surface area contributed by atoms with E-state index in [1.165, 1.54) is 11.1 Å². The number of anilines is 1. The summed E-state index contributed by atoms with van der Waals surface area (Å²) < 4.78 is 0. The van der Waals surface area contributed by atoms with Gasteiger partial charge in [-0.1, -0.05) is 37.3 Å². The van der Waals surface area contributed by atoms with Crippen LogP contribution in [0.5, 0.6) is 0 Å². The molecule has 0 fully saturated rings. The lowest BCUT2D eigenvalue weighted by molar-refractivity contribution is -0.116. The SMILES string of the molecule is Cc1nc(C2=CC(C)c3ccccc32)nc2c1[C@@H](C)C(=O)N2. The van der Waals surface area contributed by atoms with Crippen molar-refractivity contribution in [3.63, 3.8) is 0 Å². The van der Waals surface area contributed by atoms with Crippen LogP contribution in [0.15, 0.2) is 30.3 Å². The van der Waals surface area contributed by atoms with Gasteiger partial charge in [-0.25, -0.2) is 9.97 Å². The Kier molecular flexibility index (Phi) is 2.70. The quantitative estimate of drug-likeness (QED) is 0.876. The van der Waals surface area contributed by atoms with Crippen molar-refractivity contribution in [1.29, 1.82) is 0 Å². The molecule has 2 aromatic rings. The molecule has 2 aliphatic rings. The Morgan fingerprint density at radius 1 is 1.14 bits per heavy atom. The summed E-state index contributed by atoms with van der Waals surface area (Å²) in [6.07, 6.45) is 2.20. The highest BCUT2D eigenvalue weighted by Crippen LogP contribution is 2.40. The van der Waals surface area contributed by atoms with Gasteiger partial charge in [0.25, 0.3) is 0 Å². The first-order valence-electron chi connectivity index (χ1n) is 7.57. The fraction of sp³-hybridized carbons (Fsp3) is 0.278. The number of carbonyl (C=O) groups excluding carboxylic acids is 1. The Labute approximate surface area is 129 Å². The lowest BCUT2D eigenvalue weighted by Crippen LogP contribution is -2.08. The number of hydrogen-bond donors (Lipinski definition) is 1. The normalized spacial score (nSPS) is 22.1. The molecule has 110 valence electrons. The molecule has 1 aliphatic carbocycles. The molecule has 2 atom stereocenters. The monoisotopic (exact) mass is 291 g/mol. The van der Waals surface area contributed by atoms with Crippen LogP contribution < -0.4 is 5.32 Å². The number of carbonyl (C=O) groups is 1. The summed E-state index contributed by atoms with van der Waals surface area (Å²) in [5.41, 5.74) is 5.35. The lowest BCUT2D eigenvalue weighted by Gasteiger charge is -2.09.